The lowest BCUT2D eigenvalue weighted by Gasteiger charge is -2.10. The van der Waals surface area contributed by atoms with Crippen molar-refractivity contribution in [3.05, 3.63) is 12.7 Å². The summed E-state index contributed by atoms with van der Waals surface area (Å²) in [5.41, 5.74) is 0. The van der Waals surface area contributed by atoms with Crippen LogP contribution in [0.5, 0.6) is 0 Å². The lowest BCUT2D eigenvalue weighted by atomic mass is 10.3. The molecule has 0 aromatic heterocycles. The summed E-state index contributed by atoms with van der Waals surface area (Å²) in [7, 11) is 0. The van der Waals surface area contributed by atoms with Crippen LogP contribution in [-0.4, -0.2) is 40.2 Å². The molecule has 1 fully saturated rings. The van der Waals surface area contributed by atoms with Crippen LogP contribution in [-0.2, 0) is 4.79 Å². The van der Waals surface area contributed by atoms with Gasteiger partial charge in [-0.1, -0.05) is 6.08 Å². The second kappa shape index (κ2) is 3.64. The number of thiocarbonyl (C=S) groups is 1. The first kappa shape index (κ1) is 9.15. The number of carbonyl (C=O) groups excluding carboxylic acids is 1. The molecule has 1 rings (SSSR count). The summed E-state index contributed by atoms with van der Waals surface area (Å²) in [5.74, 6) is -0.192. The lowest BCUT2D eigenvalue weighted by Crippen LogP contribution is -2.33. The molecule has 5 heteroatoms. The van der Waals surface area contributed by atoms with Gasteiger partial charge in [-0.2, -0.15) is 0 Å². The van der Waals surface area contributed by atoms with E-state index < -0.39 is 6.04 Å². The molecule has 1 amide bonds. The van der Waals surface area contributed by atoms with Gasteiger partial charge in [0.25, 0.3) is 5.91 Å². The van der Waals surface area contributed by atoms with E-state index in [0.717, 1.165) is 0 Å². The highest BCUT2D eigenvalue weighted by molar-refractivity contribution is 7.80. The molecular weight excluding hydrogens is 176 g/mol. The monoisotopic (exact) mass is 186 g/mol. The van der Waals surface area contributed by atoms with E-state index in [2.05, 4.69) is 11.9 Å². The molecule has 0 spiro atoms. The van der Waals surface area contributed by atoms with Crippen LogP contribution in [0.4, 0.5) is 0 Å². The first-order chi connectivity index (χ1) is 5.70. The molecule has 1 heterocycles. The molecule has 1 unspecified atom stereocenters. The Morgan fingerprint density at radius 1 is 1.83 bits per heavy atom. The lowest BCUT2D eigenvalue weighted by molar-refractivity contribution is -0.127. The quantitative estimate of drug-likeness (QED) is 0.450. The van der Waals surface area contributed by atoms with Gasteiger partial charge in [0.2, 0.25) is 0 Å². The highest BCUT2D eigenvalue weighted by Crippen LogP contribution is 2.05. The molecule has 0 bridgehead atoms. The summed E-state index contributed by atoms with van der Waals surface area (Å²) >= 11 is 4.86. The van der Waals surface area contributed by atoms with Crippen molar-refractivity contribution in [3.63, 3.8) is 0 Å². The number of aliphatic hydroxyl groups excluding tert-OH is 1. The molecule has 0 aromatic rings. The van der Waals surface area contributed by atoms with E-state index in [1.165, 1.54) is 4.90 Å². The Bertz CT molecular complexity index is 229. The van der Waals surface area contributed by atoms with Crippen molar-refractivity contribution >= 4 is 23.2 Å². The van der Waals surface area contributed by atoms with Crippen LogP contribution >= 0.6 is 12.2 Å². The van der Waals surface area contributed by atoms with Crippen molar-refractivity contribution in [2.24, 2.45) is 0 Å². The summed E-state index contributed by atoms with van der Waals surface area (Å²) in [5, 5.41) is 11.8. The number of carbonyl (C=O) groups is 1. The number of rotatable bonds is 3. The van der Waals surface area contributed by atoms with Crippen LogP contribution in [0.2, 0.25) is 0 Å². The van der Waals surface area contributed by atoms with Gasteiger partial charge >= 0.3 is 0 Å². The highest BCUT2D eigenvalue weighted by atomic mass is 32.1. The van der Waals surface area contributed by atoms with Crippen LogP contribution in [0.15, 0.2) is 12.7 Å². The van der Waals surface area contributed by atoms with Crippen LogP contribution in [0, 0.1) is 0 Å². The Hall–Kier alpha value is -0.940. The molecule has 1 saturated heterocycles. The van der Waals surface area contributed by atoms with E-state index in [1.54, 1.807) is 6.08 Å². The topological polar surface area (TPSA) is 52.6 Å². The molecule has 66 valence electrons. The third-order valence-corrected chi connectivity index (χ3v) is 1.94. The Kier molecular flexibility index (Phi) is 2.78. The highest BCUT2D eigenvalue weighted by Gasteiger charge is 2.33. The first-order valence-electron chi connectivity index (χ1n) is 3.54. The van der Waals surface area contributed by atoms with Crippen molar-refractivity contribution in [3.8, 4) is 0 Å². The van der Waals surface area contributed by atoms with Gasteiger partial charge in [-0.15, -0.1) is 6.58 Å². The van der Waals surface area contributed by atoms with Crippen molar-refractivity contribution in [2.45, 2.75) is 6.04 Å². The molecule has 1 atom stereocenters. The van der Waals surface area contributed by atoms with Crippen LogP contribution < -0.4 is 5.32 Å². The minimum atomic E-state index is -0.572. The fourth-order valence-electron chi connectivity index (χ4n) is 1.00. The molecule has 1 aliphatic rings. The summed E-state index contributed by atoms with van der Waals surface area (Å²) in [6.07, 6.45) is 1.59. The van der Waals surface area contributed by atoms with Gasteiger partial charge < -0.3 is 10.4 Å². The smallest absolute Gasteiger partial charge is 0.253 e. The van der Waals surface area contributed by atoms with Crippen molar-refractivity contribution in [1.82, 2.24) is 10.2 Å². The molecular formula is C7H10N2O2S. The van der Waals surface area contributed by atoms with Gasteiger partial charge in [0.05, 0.1) is 6.61 Å². The van der Waals surface area contributed by atoms with Crippen molar-refractivity contribution in [1.29, 1.82) is 0 Å². The fraction of sp³-hybridized carbons (Fsp3) is 0.429. The average Bonchev–Trinajstić information content (AvgIpc) is 2.32. The summed E-state index contributed by atoms with van der Waals surface area (Å²) in [6, 6.07) is -0.572. The molecule has 0 saturated carbocycles. The van der Waals surface area contributed by atoms with E-state index in [4.69, 9.17) is 17.3 Å². The van der Waals surface area contributed by atoms with Gasteiger partial charge in [0.1, 0.15) is 6.04 Å². The van der Waals surface area contributed by atoms with Crippen LogP contribution in [0.3, 0.4) is 0 Å². The molecule has 4 nitrogen and oxygen atoms in total. The van der Waals surface area contributed by atoms with E-state index in [1.807, 2.05) is 0 Å². The van der Waals surface area contributed by atoms with Gasteiger partial charge in [0.15, 0.2) is 5.11 Å². The number of aliphatic hydroxyl groups is 1. The molecule has 0 aliphatic carbocycles. The number of nitrogens with one attached hydrogen (secondary N) is 1. The maximum Gasteiger partial charge on any atom is 0.253 e. The summed E-state index contributed by atoms with van der Waals surface area (Å²) < 4.78 is 0. The van der Waals surface area contributed by atoms with Gasteiger partial charge in [-0.25, -0.2) is 0 Å². The van der Waals surface area contributed by atoms with Crippen molar-refractivity contribution < 1.29 is 9.90 Å². The second-order valence-electron chi connectivity index (χ2n) is 2.42. The molecule has 0 radical (unpaired) electrons. The third kappa shape index (κ3) is 1.46. The largest absolute Gasteiger partial charge is 0.394 e. The molecule has 0 aromatic carbocycles. The predicted octanol–water partition coefficient (Wildman–Crippen LogP) is -0.750. The first-order valence-corrected chi connectivity index (χ1v) is 3.95. The minimum absolute atomic E-state index is 0.192. The fourth-order valence-corrected chi connectivity index (χ4v) is 1.31. The SMILES string of the molecule is C=CCN1C(=O)C(CO)NC1=S. The molecule has 1 aliphatic heterocycles. The van der Waals surface area contributed by atoms with E-state index in [9.17, 15) is 4.79 Å². The average molecular weight is 186 g/mol. The van der Waals surface area contributed by atoms with E-state index >= 15 is 0 Å². The number of hydrogen-bond acceptors (Lipinski definition) is 3. The minimum Gasteiger partial charge on any atom is -0.394 e. The maximum absolute atomic E-state index is 11.3. The second-order valence-corrected chi connectivity index (χ2v) is 2.81. The zero-order valence-corrected chi connectivity index (χ0v) is 7.30. The van der Waals surface area contributed by atoms with Crippen LogP contribution in [0.25, 0.3) is 0 Å². The zero-order valence-electron chi connectivity index (χ0n) is 6.49. The van der Waals surface area contributed by atoms with Crippen molar-refractivity contribution in [2.75, 3.05) is 13.2 Å². The Morgan fingerprint density at radius 3 is 2.92 bits per heavy atom. The predicted molar refractivity (Wildman–Crippen MR) is 48.5 cm³/mol. The summed E-state index contributed by atoms with van der Waals surface area (Å²) in [4.78, 5) is 12.7. The number of nitrogens with zero attached hydrogens (tertiary/aromatic N) is 1. The van der Waals surface area contributed by atoms with Gasteiger partial charge in [-0.05, 0) is 12.2 Å². The van der Waals surface area contributed by atoms with Gasteiger partial charge in [-0.3, -0.25) is 9.69 Å². The number of hydrogen-bond donors (Lipinski definition) is 2. The third-order valence-electron chi connectivity index (χ3n) is 1.60. The zero-order chi connectivity index (χ0) is 9.14. The normalized spacial score (nSPS) is 22.8. The Labute approximate surface area is 75.9 Å². The standard InChI is InChI=1S/C7H10N2O2S/c1-2-3-9-6(11)5(4-10)8-7(9)12/h2,5,10H,1,3-4H2,(H,8,12). The van der Waals surface area contributed by atoms with Crippen LogP contribution in [0.1, 0.15) is 0 Å². The number of amides is 1. The van der Waals surface area contributed by atoms with E-state index in [0.29, 0.717) is 11.7 Å². The molecule has 2 N–H and O–H groups in total. The molecule has 12 heavy (non-hydrogen) atoms. The maximum atomic E-state index is 11.3. The Morgan fingerprint density at radius 2 is 2.50 bits per heavy atom. The Balaban J connectivity index is 2.70. The summed E-state index contributed by atoms with van der Waals surface area (Å²) in [6.45, 7) is 3.66. The van der Waals surface area contributed by atoms with E-state index in [-0.39, 0.29) is 12.5 Å². The van der Waals surface area contributed by atoms with Gasteiger partial charge in [0, 0.05) is 6.54 Å².